The maximum absolute atomic E-state index is 13.1. The fraction of sp³-hybridized carbons (Fsp3) is 0.464. The topological polar surface area (TPSA) is 105 Å². The summed E-state index contributed by atoms with van der Waals surface area (Å²) >= 11 is 0. The number of likely N-dealkylation sites (tertiary alicyclic amines) is 1. The molecule has 1 saturated carbocycles. The highest BCUT2D eigenvalue weighted by Gasteiger charge is 2.53. The highest BCUT2D eigenvalue weighted by Crippen LogP contribution is 2.45. The Kier molecular flexibility index (Phi) is 6.14. The van der Waals surface area contributed by atoms with Crippen molar-refractivity contribution in [3.05, 3.63) is 59.7 Å². The molecule has 2 aromatic carbocycles. The molecule has 36 heavy (non-hydrogen) atoms. The van der Waals surface area contributed by atoms with E-state index >= 15 is 0 Å². The van der Waals surface area contributed by atoms with Crippen LogP contribution in [0.3, 0.4) is 0 Å². The Labute approximate surface area is 210 Å². The Morgan fingerprint density at radius 1 is 0.972 bits per heavy atom. The Hall–Kier alpha value is -3.55. The van der Waals surface area contributed by atoms with Crippen LogP contribution in [0.5, 0.6) is 0 Å². The monoisotopic (exact) mass is 492 g/mol. The van der Waals surface area contributed by atoms with Gasteiger partial charge in [-0.05, 0) is 61.3 Å². The molecule has 2 fully saturated rings. The predicted molar refractivity (Wildman–Crippen MR) is 133 cm³/mol. The van der Waals surface area contributed by atoms with Gasteiger partial charge >= 0.3 is 18.2 Å². The Morgan fingerprint density at radius 3 is 2.14 bits per heavy atom. The van der Waals surface area contributed by atoms with Crippen molar-refractivity contribution in [2.75, 3.05) is 19.7 Å². The molecule has 0 spiro atoms. The number of aliphatic carboxylic acids is 1. The van der Waals surface area contributed by atoms with E-state index < -0.39 is 35.7 Å². The standard InChI is InChI=1S/C28H32N2O6/c1-28(2,3)36-26(33)29-24-17-12-16(23(24)25(31)32)13-30(14-17)27(34)35-15-22-20-10-6-4-8-18(20)19-9-5-7-11-21(19)22/h4-11,16-17,22-24H,12-15H2,1-3H3,(H,29,33)(H,31,32)/t16-,17+,23-,24+/m1/s1. The molecule has 8 nitrogen and oxygen atoms in total. The van der Waals surface area contributed by atoms with Crippen LogP contribution in [-0.2, 0) is 14.3 Å². The van der Waals surface area contributed by atoms with E-state index in [9.17, 15) is 19.5 Å². The smallest absolute Gasteiger partial charge is 0.409 e. The van der Waals surface area contributed by atoms with Gasteiger partial charge in [-0.2, -0.15) is 0 Å². The van der Waals surface area contributed by atoms with Crippen molar-refractivity contribution in [1.29, 1.82) is 0 Å². The zero-order chi connectivity index (χ0) is 25.6. The lowest BCUT2D eigenvalue weighted by molar-refractivity contribution is -0.143. The van der Waals surface area contributed by atoms with Crippen molar-refractivity contribution in [3.63, 3.8) is 0 Å². The van der Waals surface area contributed by atoms with E-state index in [-0.39, 0.29) is 30.9 Å². The zero-order valence-electron chi connectivity index (χ0n) is 20.8. The molecule has 1 saturated heterocycles. The average molecular weight is 493 g/mol. The van der Waals surface area contributed by atoms with Crippen LogP contribution < -0.4 is 5.32 Å². The van der Waals surface area contributed by atoms with E-state index in [0.29, 0.717) is 13.0 Å². The molecule has 1 aliphatic heterocycles. The van der Waals surface area contributed by atoms with E-state index in [1.54, 1.807) is 25.7 Å². The van der Waals surface area contributed by atoms with Gasteiger partial charge in [0, 0.05) is 19.0 Å². The van der Waals surface area contributed by atoms with Crippen LogP contribution in [-0.4, -0.2) is 59.5 Å². The predicted octanol–water partition coefficient (Wildman–Crippen LogP) is 4.48. The number of alkyl carbamates (subject to hydrolysis) is 1. The van der Waals surface area contributed by atoms with E-state index in [0.717, 1.165) is 22.3 Å². The average Bonchev–Trinajstić information content (AvgIpc) is 3.26. The molecule has 3 aliphatic rings. The normalized spacial score (nSPS) is 24.6. The molecule has 2 amide bonds. The molecule has 2 N–H and O–H groups in total. The van der Waals surface area contributed by atoms with E-state index in [4.69, 9.17) is 9.47 Å². The SMILES string of the molecule is CC(C)(C)OC(=O)N[C@H]1[C@H]2C[C@H](CN(C(=O)OCC3c4ccccc4-c4ccccc43)C2)[C@H]1C(=O)O. The third kappa shape index (κ3) is 4.52. The lowest BCUT2D eigenvalue weighted by Crippen LogP contribution is -2.47. The Morgan fingerprint density at radius 2 is 1.56 bits per heavy atom. The first-order valence-corrected chi connectivity index (χ1v) is 12.4. The Bertz CT molecular complexity index is 1140. The maximum atomic E-state index is 13.1. The second-order valence-corrected chi connectivity index (χ2v) is 11.0. The molecule has 2 bridgehead atoms. The fourth-order valence-electron chi connectivity index (χ4n) is 6.13. The number of piperidine rings is 1. The number of benzene rings is 2. The third-order valence-corrected chi connectivity index (χ3v) is 7.48. The molecule has 0 unspecified atom stereocenters. The number of carbonyl (C=O) groups is 3. The summed E-state index contributed by atoms with van der Waals surface area (Å²) in [5.74, 6) is -2.25. The molecule has 2 aromatic rings. The summed E-state index contributed by atoms with van der Waals surface area (Å²) in [6.07, 6.45) is -0.461. The third-order valence-electron chi connectivity index (χ3n) is 7.48. The zero-order valence-corrected chi connectivity index (χ0v) is 20.8. The minimum absolute atomic E-state index is 0.0452. The van der Waals surface area contributed by atoms with E-state index in [2.05, 4.69) is 29.6 Å². The second-order valence-electron chi connectivity index (χ2n) is 11.0. The fourth-order valence-corrected chi connectivity index (χ4v) is 6.13. The van der Waals surface area contributed by atoms with Gasteiger partial charge in [0.25, 0.3) is 0 Å². The van der Waals surface area contributed by atoms with Gasteiger partial charge in [-0.25, -0.2) is 9.59 Å². The number of rotatable bonds is 4. The van der Waals surface area contributed by atoms with Gasteiger partial charge in [0.05, 0.1) is 12.0 Å². The summed E-state index contributed by atoms with van der Waals surface area (Å²) < 4.78 is 11.2. The number of nitrogens with one attached hydrogen (secondary N) is 1. The molecule has 4 atom stereocenters. The molecule has 1 heterocycles. The van der Waals surface area contributed by atoms with Crippen molar-refractivity contribution in [2.45, 2.75) is 44.8 Å². The van der Waals surface area contributed by atoms with Crippen LogP contribution >= 0.6 is 0 Å². The van der Waals surface area contributed by atoms with Gasteiger partial charge < -0.3 is 24.8 Å². The van der Waals surface area contributed by atoms with Crippen molar-refractivity contribution < 1.29 is 29.0 Å². The summed E-state index contributed by atoms with van der Waals surface area (Å²) in [7, 11) is 0. The van der Waals surface area contributed by atoms with Crippen molar-refractivity contribution >= 4 is 18.2 Å². The van der Waals surface area contributed by atoms with Crippen LogP contribution in [0.25, 0.3) is 11.1 Å². The maximum Gasteiger partial charge on any atom is 0.409 e. The minimum atomic E-state index is -0.974. The molecule has 2 aliphatic carbocycles. The lowest BCUT2D eigenvalue weighted by Gasteiger charge is -2.32. The molecule has 190 valence electrons. The summed E-state index contributed by atoms with van der Waals surface area (Å²) in [4.78, 5) is 39.2. The van der Waals surface area contributed by atoms with Gasteiger partial charge in [0.2, 0.25) is 0 Å². The summed E-state index contributed by atoms with van der Waals surface area (Å²) in [5.41, 5.74) is 3.90. The molecular formula is C28H32N2O6. The van der Waals surface area contributed by atoms with Crippen molar-refractivity contribution in [3.8, 4) is 11.1 Å². The first-order valence-electron chi connectivity index (χ1n) is 12.4. The highest BCUT2D eigenvalue weighted by molar-refractivity contribution is 5.79. The van der Waals surface area contributed by atoms with Gasteiger partial charge in [-0.15, -0.1) is 0 Å². The summed E-state index contributed by atoms with van der Waals surface area (Å²) in [6, 6.07) is 15.7. The van der Waals surface area contributed by atoms with Gasteiger partial charge in [-0.3, -0.25) is 4.79 Å². The minimum Gasteiger partial charge on any atom is -0.481 e. The number of carboxylic acid groups (broad SMARTS) is 1. The number of carboxylic acids is 1. The molecule has 8 heteroatoms. The molecule has 0 aromatic heterocycles. The number of nitrogens with zero attached hydrogens (tertiary/aromatic N) is 1. The quantitative estimate of drug-likeness (QED) is 0.652. The van der Waals surface area contributed by atoms with Gasteiger partial charge in [-0.1, -0.05) is 48.5 Å². The lowest BCUT2D eigenvalue weighted by atomic mass is 9.93. The Balaban J connectivity index is 1.27. The van der Waals surface area contributed by atoms with Crippen LogP contribution in [0.15, 0.2) is 48.5 Å². The van der Waals surface area contributed by atoms with Gasteiger partial charge in [0.1, 0.15) is 12.2 Å². The number of carbonyl (C=O) groups excluding carboxylic acids is 2. The van der Waals surface area contributed by atoms with E-state index in [1.165, 1.54) is 0 Å². The number of hydrogen-bond acceptors (Lipinski definition) is 5. The number of ether oxygens (including phenoxy) is 2. The second kappa shape index (κ2) is 9.15. The molecular weight excluding hydrogens is 460 g/mol. The molecule has 5 rings (SSSR count). The summed E-state index contributed by atoms with van der Waals surface area (Å²) in [5, 5.41) is 12.7. The largest absolute Gasteiger partial charge is 0.481 e. The number of amides is 2. The van der Waals surface area contributed by atoms with Crippen LogP contribution in [0.2, 0.25) is 0 Å². The van der Waals surface area contributed by atoms with Crippen molar-refractivity contribution in [1.82, 2.24) is 10.2 Å². The highest BCUT2D eigenvalue weighted by atomic mass is 16.6. The van der Waals surface area contributed by atoms with Crippen LogP contribution in [0, 0.1) is 17.8 Å². The number of hydrogen-bond donors (Lipinski definition) is 2. The van der Waals surface area contributed by atoms with E-state index in [1.807, 2.05) is 24.3 Å². The summed E-state index contributed by atoms with van der Waals surface area (Å²) in [6.45, 7) is 6.10. The number of fused-ring (bicyclic) bond motifs is 5. The first-order chi connectivity index (χ1) is 17.1. The van der Waals surface area contributed by atoms with Crippen LogP contribution in [0.1, 0.15) is 44.2 Å². The van der Waals surface area contributed by atoms with Crippen LogP contribution in [0.4, 0.5) is 9.59 Å². The molecule has 0 radical (unpaired) electrons. The van der Waals surface area contributed by atoms with Crippen molar-refractivity contribution in [2.24, 2.45) is 17.8 Å². The first kappa shape index (κ1) is 24.2. The van der Waals surface area contributed by atoms with Gasteiger partial charge in [0.15, 0.2) is 0 Å².